The number of carbonyl (C=O) groups is 1. The van der Waals surface area contributed by atoms with Crippen molar-refractivity contribution in [2.75, 3.05) is 0 Å². The Bertz CT molecular complexity index is 554. The smallest absolute Gasteiger partial charge is 0.236 e. The molecule has 0 bridgehead atoms. The fourth-order valence-corrected chi connectivity index (χ4v) is 1.62. The van der Waals surface area contributed by atoms with E-state index in [-0.39, 0.29) is 30.7 Å². The second-order valence-electron chi connectivity index (χ2n) is 4.13. The summed E-state index contributed by atoms with van der Waals surface area (Å²) in [6.07, 6.45) is 1.92. The summed E-state index contributed by atoms with van der Waals surface area (Å²) < 4.78 is 1.99. The van der Waals surface area contributed by atoms with Gasteiger partial charge in [-0.15, -0.1) is 24.8 Å². The summed E-state index contributed by atoms with van der Waals surface area (Å²) in [4.78, 5) is 15.7. The molecule has 0 fully saturated rings. The molecule has 2 aromatic heterocycles. The predicted molar refractivity (Wildman–Crippen MR) is 79.9 cm³/mol. The van der Waals surface area contributed by atoms with Crippen molar-refractivity contribution < 1.29 is 4.79 Å². The Kier molecular flexibility index (Phi) is 6.83. The topological polar surface area (TPSA) is 72.4 Å². The molecule has 3 N–H and O–H groups in total. The second-order valence-corrected chi connectivity index (χ2v) is 4.13. The Morgan fingerprint density at radius 3 is 2.74 bits per heavy atom. The molecule has 2 aromatic rings. The van der Waals surface area contributed by atoms with E-state index < -0.39 is 6.04 Å². The zero-order chi connectivity index (χ0) is 12.4. The molecule has 1 atom stereocenters. The molecule has 0 saturated carbocycles. The Balaban J connectivity index is 0.00000162. The summed E-state index contributed by atoms with van der Waals surface area (Å²) in [5, 5.41) is 2.74. The molecule has 5 nitrogen and oxygen atoms in total. The molecule has 0 aliphatic rings. The van der Waals surface area contributed by atoms with Crippen molar-refractivity contribution in [1.29, 1.82) is 0 Å². The minimum absolute atomic E-state index is 0. The highest BCUT2D eigenvalue weighted by Crippen LogP contribution is 2.08. The van der Waals surface area contributed by atoms with Crippen LogP contribution in [0.1, 0.15) is 18.3 Å². The van der Waals surface area contributed by atoms with Crippen LogP contribution in [0.3, 0.4) is 0 Å². The van der Waals surface area contributed by atoms with E-state index in [1.54, 1.807) is 6.92 Å². The van der Waals surface area contributed by atoms with Crippen LogP contribution in [0, 0.1) is 6.92 Å². The van der Waals surface area contributed by atoms with Gasteiger partial charge >= 0.3 is 0 Å². The van der Waals surface area contributed by atoms with Gasteiger partial charge in [-0.3, -0.25) is 4.79 Å². The molecular formula is C12H18Cl2N4O. The first-order valence-electron chi connectivity index (χ1n) is 5.55. The summed E-state index contributed by atoms with van der Waals surface area (Å²) in [7, 11) is 0. The van der Waals surface area contributed by atoms with E-state index in [2.05, 4.69) is 10.3 Å². The van der Waals surface area contributed by atoms with Crippen molar-refractivity contribution in [3.05, 3.63) is 35.8 Å². The van der Waals surface area contributed by atoms with Gasteiger partial charge in [0.05, 0.1) is 18.3 Å². The standard InChI is InChI=1S/C12H16N4O.2ClH/c1-8-4-3-5-11-15-10(7-16(8)11)6-14-12(17)9(2)13;;/h3-5,7,9H,6,13H2,1-2H3,(H,14,17);2*1H/t9-;;/m1../s1. The predicted octanol–water partition coefficient (Wildman–Crippen LogP) is 1.45. The molecule has 106 valence electrons. The zero-order valence-electron chi connectivity index (χ0n) is 10.8. The van der Waals surface area contributed by atoms with E-state index in [0.29, 0.717) is 6.54 Å². The van der Waals surface area contributed by atoms with Gasteiger partial charge in [0.25, 0.3) is 0 Å². The lowest BCUT2D eigenvalue weighted by molar-refractivity contribution is -0.122. The summed E-state index contributed by atoms with van der Waals surface area (Å²) >= 11 is 0. The lowest BCUT2D eigenvalue weighted by atomic mass is 10.3. The van der Waals surface area contributed by atoms with Crippen molar-refractivity contribution in [2.24, 2.45) is 5.73 Å². The SMILES string of the molecule is Cc1cccc2nc(CNC(=O)[C@@H](C)N)cn12.Cl.Cl. The van der Waals surface area contributed by atoms with Crippen molar-refractivity contribution in [1.82, 2.24) is 14.7 Å². The molecule has 2 rings (SSSR count). The van der Waals surface area contributed by atoms with Gasteiger partial charge in [0.1, 0.15) is 5.65 Å². The lowest BCUT2D eigenvalue weighted by Crippen LogP contribution is -2.37. The zero-order valence-corrected chi connectivity index (χ0v) is 12.4. The molecule has 0 aromatic carbocycles. The minimum atomic E-state index is -0.492. The average molecular weight is 305 g/mol. The number of halogens is 2. The van der Waals surface area contributed by atoms with E-state index in [9.17, 15) is 4.79 Å². The largest absolute Gasteiger partial charge is 0.349 e. The van der Waals surface area contributed by atoms with E-state index in [1.807, 2.05) is 35.7 Å². The van der Waals surface area contributed by atoms with Crippen LogP contribution in [-0.2, 0) is 11.3 Å². The van der Waals surface area contributed by atoms with Gasteiger partial charge in [-0.25, -0.2) is 4.98 Å². The number of rotatable bonds is 3. The molecule has 0 unspecified atom stereocenters. The van der Waals surface area contributed by atoms with Crippen LogP contribution in [-0.4, -0.2) is 21.3 Å². The van der Waals surface area contributed by atoms with Crippen LogP contribution in [0.25, 0.3) is 5.65 Å². The molecular weight excluding hydrogens is 287 g/mol. The van der Waals surface area contributed by atoms with Gasteiger partial charge in [0.2, 0.25) is 5.91 Å². The monoisotopic (exact) mass is 304 g/mol. The fraction of sp³-hybridized carbons (Fsp3) is 0.333. The van der Waals surface area contributed by atoms with Crippen molar-refractivity contribution in [2.45, 2.75) is 26.4 Å². The summed E-state index contributed by atoms with van der Waals surface area (Å²) in [6.45, 7) is 4.07. The van der Waals surface area contributed by atoms with E-state index in [1.165, 1.54) is 0 Å². The van der Waals surface area contributed by atoms with Gasteiger partial charge in [0, 0.05) is 11.9 Å². The molecule has 19 heavy (non-hydrogen) atoms. The van der Waals surface area contributed by atoms with E-state index in [0.717, 1.165) is 17.0 Å². The maximum Gasteiger partial charge on any atom is 0.236 e. The van der Waals surface area contributed by atoms with Gasteiger partial charge in [-0.05, 0) is 26.0 Å². The highest BCUT2D eigenvalue weighted by atomic mass is 35.5. The number of carbonyl (C=O) groups excluding carboxylic acids is 1. The molecule has 0 spiro atoms. The highest BCUT2D eigenvalue weighted by Gasteiger charge is 2.08. The minimum Gasteiger partial charge on any atom is -0.349 e. The van der Waals surface area contributed by atoms with Crippen LogP contribution < -0.4 is 11.1 Å². The molecule has 2 heterocycles. The number of hydrogen-bond acceptors (Lipinski definition) is 3. The third-order valence-electron chi connectivity index (χ3n) is 2.60. The number of hydrogen-bond donors (Lipinski definition) is 2. The number of nitrogens with one attached hydrogen (secondary N) is 1. The number of pyridine rings is 1. The molecule has 0 aliphatic carbocycles. The Morgan fingerprint density at radius 1 is 1.47 bits per heavy atom. The Morgan fingerprint density at radius 2 is 2.16 bits per heavy atom. The number of aryl methyl sites for hydroxylation is 1. The number of nitrogens with two attached hydrogens (primary N) is 1. The number of amides is 1. The Hall–Kier alpha value is -1.30. The maximum atomic E-state index is 11.3. The van der Waals surface area contributed by atoms with Crippen LogP contribution >= 0.6 is 24.8 Å². The van der Waals surface area contributed by atoms with E-state index in [4.69, 9.17) is 5.73 Å². The number of fused-ring (bicyclic) bond motifs is 1. The van der Waals surface area contributed by atoms with Crippen LogP contribution in [0.15, 0.2) is 24.4 Å². The maximum absolute atomic E-state index is 11.3. The summed E-state index contributed by atoms with van der Waals surface area (Å²) in [6, 6.07) is 5.42. The average Bonchev–Trinajstić information content (AvgIpc) is 2.70. The second kappa shape index (κ2) is 7.33. The van der Waals surface area contributed by atoms with Gasteiger partial charge < -0.3 is 15.5 Å². The molecule has 0 saturated heterocycles. The van der Waals surface area contributed by atoms with Gasteiger partial charge in [0.15, 0.2) is 0 Å². The number of imidazole rings is 1. The first-order valence-corrected chi connectivity index (χ1v) is 5.55. The third kappa shape index (κ3) is 4.09. The van der Waals surface area contributed by atoms with Gasteiger partial charge in [-0.2, -0.15) is 0 Å². The normalized spacial score (nSPS) is 11.3. The fourth-order valence-electron chi connectivity index (χ4n) is 1.62. The lowest BCUT2D eigenvalue weighted by Gasteiger charge is -2.05. The number of aromatic nitrogens is 2. The first-order chi connectivity index (χ1) is 8.08. The molecule has 1 amide bonds. The summed E-state index contributed by atoms with van der Waals surface area (Å²) in [5.74, 6) is -0.168. The first kappa shape index (κ1) is 17.7. The van der Waals surface area contributed by atoms with Crippen molar-refractivity contribution >= 4 is 36.4 Å². The number of nitrogens with zero attached hydrogens (tertiary/aromatic N) is 2. The Labute approximate surface area is 124 Å². The van der Waals surface area contributed by atoms with E-state index >= 15 is 0 Å². The van der Waals surface area contributed by atoms with Crippen molar-refractivity contribution in [3.8, 4) is 0 Å². The van der Waals surface area contributed by atoms with Crippen molar-refractivity contribution in [3.63, 3.8) is 0 Å². The van der Waals surface area contributed by atoms with Crippen LogP contribution in [0.2, 0.25) is 0 Å². The van der Waals surface area contributed by atoms with Crippen LogP contribution in [0.4, 0.5) is 0 Å². The summed E-state index contributed by atoms with van der Waals surface area (Å²) in [5.41, 5.74) is 8.28. The third-order valence-corrected chi connectivity index (χ3v) is 2.60. The highest BCUT2D eigenvalue weighted by molar-refractivity contribution is 5.85. The van der Waals surface area contributed by atoms with Gasteiger partial charge in [-0.1, -0.05) is 6.07 Å². The molecule has 0 aliphatic heterocycles. The quantitative estimate of drug-likeness (QED) is 0.901. The van der Waals surface area contributed by atoms with Crippen LogP contribution in [0.5, 0.6) is 0 Å². The molecule has 7 heteroatoms. The molecule has 0 radical (unpaired) electrons.